The fourth-order valence-electron chi connectivity index (χ4n) is 4.79. The number of carboxylic acids is 1. The number of ether oxygens (including phenoxy) is 2. The average molecular weight is 561 g/mol. The van der Waals surface area contributed by atoms with Crippen molar-refractivity contribution in [2.75, 3.05) is 6.61 Å². The lowest BCUT2D eigenvalue weighted by molar-refractivity contribution is -0.142. The van der Waals surface area contributed by atoms with Gasteiger partial charge < -0.3 is 14.6 Å². The third-order valence-electron chi connectivity index (χ3n) is 7.59. The number of hydrogen-bond donors (Lipinski definition) is 1. The Morgan fingerprint density at radius 1 is 0.700 bits per heavy atom. The van der Waals surface area contributed by atoms with E-state index in [1.165, 1.54) is 95.6 Å². The van der Waals surface area contributed by atoms with Gasteiger partial charge in [0.15, 0.2) is 5.78 Å². The number of hydrogen-bond acceptors (Lipinski definition) is 5. The summed E-state index contributed by atoms with van der Waals surface area (Å²) in [5, 5.41) is 9.32. The molecule has 6 heteroatoms. The van der Waals surface area contributed by atoms with Gasteiger partial charge in [-0.05, 0) is 46.2 Å². The van der Waals surface area contributed by atoms with E-state index in [0.717, 1.165) is 12.8 Å². The fourth-order valence-corrected chi connectivity index (χ4v) is 4.79. The molecule has 0 heterocycles. The molecule has 0 saturated carbocycles. The maximum Gasteiger partial charge on any atom is 0.339 e. The molecule has 40 heavy (non-hydrogen) atoms. The monoisotopic (exact) mass is 560 g/mol. The topological polar surface area (TPSA) is 89.9 Å². The Morgan fingerprint density at radius 3 is 1.62 bits per heavy atom. The molecule has 0 bridgehead atoms. The lowest BCUT2D eigenvalue weighted by atomic mass is 9.97. The van der Waals surface area contributed by atoms with Crippen LogP contribution in [-0.4, -0.2) is 40.6 Å². The first-order chi connectivity index (χ1) is 19.0. The summed E-state index contributed by atoms with van der Waals surface area (Å²) in [6.07, 6.45) is 20.3. The summed E-state index contributed by atoms with van der Waals surface area (Å²) in [5.74, 6) is -1.78. The Kier molecular flexibility index (Phi) is 17.7. The van der Waals surface area contributed by atoms with Crippen LogP contribution in [0, 0.1) is 0 Å². The quantitative estimate of drug-likeness (QED) is 0.100. The maximum absolute atomic E-state index is 12.8. The Morgan fingerprint density at radius 2 is 1.15 bits per heavy atom. The number of benzene rings is 1. The van der Waals surface area contributed by atoms with Gasteiger partial charge in [-0.3, -0.25) is 4.79 Å². The number of carbonyl (C=O) groups is 3. The van der Waals surface area contributed by atoms with Crippen molar-refractivity contribution in [3.63, 3.8) is 0 Å². The minimum absolute atomic E-state index is 0.0167. The van der Waals surface area contributed by atoms with E-state index in [9.17, 15) is 19.5 Å². The second-order valence-electron chi connectivity index (χ2n) is 12.2. The van der Waals surface area contributed by atoms with Crippen molar-refractivity contribution in [2.24, 2.45) is 0 Å². The lowest BCUT2D eigenvalue weighted by Gasteiger charge is -2.29. The smallest absolute Gasteiger partial charge is 0.339 e. The van der Waals surface area contributed by atoms with Crippen LogP contribution in [0.5, 0.6) is 0 Å². The third kappa shape index (κ3) is 15.5. The van der Waals surface area contributed by atoms with E-state index in [2.05, 4.69) is 6.92 Å². The van der Waals surface area contributed by atoms with Gasteiger partial charge in [-0.15, -0.1) is 0 Å². The molecule has 1 N–H and O–H groups in total. The van der Waals surface area contributed by atoms with E-state index in [0.29, 0.717) is 12.8 Å². The summed E-state index contributed by atoms with van der Waals surface area (Å²) in [6.45, 7) is 9.61. The minimum atomic E-state index is -1.18. The van der Waals surface area contributed by atoms with Gasteiger partial charge in [0.2, 0.25) is 0 Å². The SMILES string of the molecule is CCCCCCCCCCCCCCCCCC(=O)C(C)(C)OCCC(C)(C)OC(=O)c1ccccc1C(=O)O. The lowest BCUT2D eigenvalue weighted by Crippen LogP contribution is -2.37. The molecule has 0 aromatic heterocycles. The predicted molar refractivity (Wildman–Crippen MR) is 162 cm³/mol. The molecule has 6 nitrogen and oxygen atoms in total. The first-order valence-electron chi connectivity index (χ1n) is 15.7. The van der Waals surface area contributed by atoms with Crippen molar-refractivity contribution in [2.45, 2.75) is 155 Å². The third-order valence-corrected chi connectivity index (χ3v) is 7.59. The van der Waals surface area contributed by atoms with Gasteiger partial charge >= 0.3 is 11.9 Å². The van der Waals surface area contributed by atoms with Crippen LogP contribution >= 0.6 is 0 Å². The molecule has 228 valence electrons. The highest BCUT2D eigenvalue weighted by atomic mass is 16.6. The number of Topliss-reactive ketones (excluding diaryl/α,β-unsaturated/α-hetero) is 1. The molecule has 0 amide bonds. The van der Waals surface area contributed by atoms with Crippen molar-refractivity contribution in [1.82, 2.24) is 0 Å². The van der Waals surface area contributed by atoms with Crippen molar-refractivity contribution in [3.05, 3.63) is 35.4 Å². The highest BCUT2D eigenvalue weighted by molar-refractivity contribution is 6.02. The van der Waals surface area contributed by atoms with Crippen LogP contribution in [0.2, 0.25) is 0 Å². The normalized spacial score (nSPS) is 11.9. The Bertz CT molecular complexity index is 873. The van der Waals surface area contributed by atoms with Crippen LogP contribution in [0.3, 0.4) is 0 Å². The van der Waals surface area contributed by atoms with Gasteiger partial charge in [0.05, 0.1) is 17.7 Å². The molecule has 0 saturated heterocycles. The van der Waals surface area contributed by atoms with Gasteiger partial charge in [-0.2, -0.15) is 0 Å². The summed E-state index contributed by atoms with van der Waals surface area (Å²) in [7, 11) is 0. The predicted octanol–water partition coefficient (Wildman–Crippen LogP) is 9.34. The van der Waals surface area contributed by atoms with E-state index in [1.807, 2.05) is 0 Å². The summed E-state index contributed by atoms with van der Waals surface area (Å²) in [6, 6.07) is 5.99. The summed E-state index contributed by atoms with van der Waals surface area (Å²) >= 11 is 0. The number of carboxylic acid groups (broad SMARTS) is 1. The molecular weight excluding hydrogens is 504 g/mol. The molecule has 1 rings (SSSR count). The zero-order valence-corrected chi connectivity index (χ0v) is 26.0. The van der Waals surface area contributed by atoms with Crippen LogP contribution in [0.25, 0.3) is 0 Å². The van der Waals surface area contributed by atoms with Crippen LogP contribution in [0.15, 0.2) is 24.3 Å². The van der Waals surface area contributed by atoms with Crippen molar-refractivity contribution >= 4 is 17.7 Å². The molecule has 1 aromatic rings. The van der Waals surface area contributed by atoms with Crippen LogP contribution in [-0.2, 0) is 14.3 Å². The van der Waals surface area contributed by atoms with Gasteiger partial charge in [0, 0.05) is 12.8 Å². The van der Waals surface area contributed by atoms with Crippen molar-refractivity contribution in [1.29, 1.82) is 0 Å². The number of rotatable bonds is 24. The first kappa shape index (κ1) is 35.8. The Balaban J connectivity index is 2.17. The van der Waals surface area contributed by atoms with Crippen LogP contribution in [0.4, 0.5) is 0 Å². The highest BCUT2D eigenvalue weighted by Gasteiger charge is 2.30. The van der Waals surface area contributed by atoms with Crippen molar-refractivity contribution < 1.29 is 29.0 Å². The molecule has 0 radical (unpaired) electrons. The highest BCUT2D eigenvalue weighted by Crippen LogP contribution is 2.22. The molecule has 0 aliphatic carbocycles. The average Bonchev–Trinajstić information content (AvgIpc) is 2.90. The van der Waals surface area contributed by atoms with Crippen LogP contribution in [0.1, 0.15) is 164 Å². The van der Waals surface area contributed by atoms with E-state index in [1.54, 1.807) is 39.8 Å². The number of carbonyl (C=O) groups excluding carboxylic acids is 2. The molecule has 0 aliphatic rings. The number of ketones is 1. The standard InChI is InChI=1S/C34H56O6/c1-6-7-8-9-10-11-12-13-14-15-16-17-18-19-20-25-30(35)34(4,5)39-27-26-33(2,3)40-32(38)29-24-22-21-23-28(29)31(36)37/h21-24H,6-20,25-27H2,1-5H3,(H,36,37). The Hall–Kier alpha value is -2.21. The van der Waals surface area contributed by atoms with Gasteiger partial charge in [0.25, 0.3) is 0 Å². The van der Waals surface area contributed by atoms with E-state index < -0.39 is 23.1 Å². The fraction of sp³-hybridized carbons (Fsp3) is 0.735. The van der Waals surface area contributed by atoms with E-state index >= 15 is 0 Å². The number of aromatic carboxylic acids is 1. The molecule has 0 atom stereocenters. The van der Waals surface area contributed by atoms with Crippen LogP contribution < -0.4 is 0 Å². The van der Waals surface area contributed by atoms with E-state index in [-0.39, 0.29) is 23.5 Å². The first-order valence-corrected chi connectivity index (χ1v) is 15.7. The number of unbranched alkanes of at least 4 members (excludes halogenated alkanes) is 14. The largest absolute Gasteiger partial charge is 0.478 e. The molecule has 0 unspecified atom stereocenters. The molecular formula is C34H56O6. The van der Waals surface area contributed by atoms with Gasteiger partial charge in [0.1, 0.15) is 11.2 Å². The maximum atomic E-state index is 12.8. The zero-order chi connectivity index (χ0) is 29.9. The molecule has 0 fully saturated rings. The second kappa shape index (κ2) is 19.8. The van der Waals surface area contributed by atoms with Gasteiger partial charge in [-0.25, -0.2) is 9.59 Å². The summed E-state index contributed by atoms with van der Waals surface area (Å²) < 4.78 is 11.5. The second-order valence-corrected chi connectivity index (χ2v) is 12.2. The van der Waals surface area contributed by atoms with Gasteiger partial charge in [-0.1, -0.05) is 109 Å². The molecule has 0 spiro atoms. The summed E-state index contributed by atoms with van der Waals surface area (Å²) in [4.78, 5) is 36.7. The molecule has 0 aliphatic heterocycles. The molecule has 1 aromatic carbocycles. The van der Waals surface area contributed by atoms with Crippen molar-refractivity contribution in [3.8, 4) is 0 Å². The minimum Gasteiger partial charge on any atom is -0.478 e. The van der Waals surface area contributed by atoms with E-state index in [4.69, 9.17) is 9.47 Å². The Labute approximate surface area is 243 Å². The zero-order valence-electron chi connectivity index (χ0n) is 26.0. The summed E-state index contributed by atoms with van der Waals surface area (Å²) in [5.41, 5.74) is -1.85. The number of esters is 1.